The van der Waals surface area contributed by atoms with E-state index in [1.165, 1.54) is 17.2 Å². The second-order valence-electron chi connectivity index (χ2n) is 10.5. The molecule has 4 aromatic rings. The number of carbonyl (C=O) groups is 2. The number of fused-ring (bicyclic) bond motifs is 2. The normalized spacial score (nSPS) is 20.6. The van der Waals surface area contributed by atoms with Crippen molar-refractivity contribution in [2.75, 3.05) is 6.54 Å². The molecule has 8 nitrogen and oxygen atoms in total. The summed E-state index contributed by atoms with van der Waals surface area (Å²) in [5, 5.41) is 8.39. The van der Waals surface area contributed by atoms with Crippen molar-refractivity contribution in [3.8, 4) is 22.5 Å². The topological polar surface area (TPSA) is 106 Å². The van der Waals surface area contributed by atoms with Crippen LogP contribution < -0.4 is 11.1 Å². The molecule has 0 saturated carbocycles. The molecule has 1 aliphatic heterocycles. The van der Waals surface area contributed by atoms with E-state index >= 15 is 0 Å². The molecule has 1 fully saturated rings. The number of amides is 2. The number of nitrogens with one attached hydrogen (secondary N) is 1. The van der Waals surface area contributed by atoms with Crippen LogP contribution >= 0.6 is 0 Å². The third-order valence-corrected chi connectivity index (χ3v) is 8.04. The van der Waals surface area contributed by atoms with Gasteiger partial charge < -0.3 is 16.0 Å². The number of benzene rings is 2. The second kappa shape index (κ2) is 10.1. The number of imidazole rings is 1. The van der Waals surface area contributed by atoms with Crippen LogP contribution in [0.2, 0.25) is 0 Å². The number of aromatic nitrogens is 3. The molecule has 0 bridgehead atoms. The van der Waals surface area contributed by atoms with Crippen LogP contribution in [0.3, 0.4) is 0 Å². The molecule has 2 aromatic carbocycles. The van der Waals surface area contributed by atoms with Crippen molar-refractivity contribution in [1.29, 1.82) is 0 Å². The van der Waals surface area contributed by atoms with Gasteiger partial charge in [-0.15, -0.1) is 0 Å². The molecular formula is C31H32N6O2. The van der Waals surface area contributed by atoms with E-state index in [-0.39, 0.29) is 17.6 Å². The first-order valence-electron chi connectivity index (χ1n) is 13.5. The van der Waals surface area contributed by atoms with Crippen molar-refractivity contribution in [2.24, 2.45) is 5.73 Å². The summed E-state index contributed by atoms with van der Waals surface area (Å²) in [5.74, 6) is -0.558. The molecule has 3 atom stereocenters. The van der Waals surface area contributed by atoms with Gasteiger partial charge in [0.15, 0.2) is 5.65 Å². The number of likely N-dealkylation sites (tertiary alicyclic amines) is 1. The SMILES string of the molecule is C=CC(=O)N1CCC(NC2CCc3cc(-c4nc5ccc(C(N)=O)nn5c4-c4ccccc4)ccc32)C[C@H]1C. The van der Waals surface area contributed by atoms with Crippen molar-refractivity contribution in [3.63, 3.8) is 0 Å². The highest BCUT2D eigenvalue weighted by atomic mass is 16.2. The molecule has 0 spiro atoms. The largest absolute Gasteiger partial charge is 0.364 e. The summed E-state index contributed by atoms with van der Waals surface area (Å²) in [6, 6.07) is 20.8. The van der Waals surface area contributed by atoms with Gasteiger partial charge in [0.25, 0.3) is 5.91 Å². The molecule has 2 amide bonds. The van der Waals surface area contributed by atoms with E-state index in [4.69, 9.17) is 10.7 Å². The third-order valence-electron chi connectivity index (χ3n) is 8.04. The highest BCUT2D eigenvalue weighted by molar-refractivity contribution is 5.91. The molecule has 2 aromatic heterocycles. The fourth-order valence-electron chi connectivity index (χ4n) is 6.11. The molecule has 3 N–H and O–H groups in total. The fraction of sp³-hybridized carbons (Fsp3) is 0.290. The van der Waals surface area contributed by atoms with Gasteiger partial charge in [-0.3, -0.25) is 9.59 Å². The molecular weight excluding hydrogens is 488 g/mol. The Kier molecular flexibility index (Phi) is 6.48. The van der Waals surface area contributed by atoms with Crippen LogP contribution in [0.4, 0.5) is 0 Å². The number of hydrogen-bond acceptors (Lipinski definition) is 5. The van der Waals surface area contributed by atoms with Crippen LogP contribution in [0.1, 0.15) is 53.8 Å². The number of primary amides is 1. The van der Waals surface area contributed by atoms with E-state index in [0.717, 1.165) is 54.7 Å². The first-order valence-corrected chi connectivity index (χ1v) is 13.5. The van der Waals surface area contributed by atoms with Gasteiger partial charge in [0, 0.05) is 35.8 Å². The Labute approximate surface area is 227 Å². The van der Waals surface area contributed by atoms with Crippen molar-refractivity contribution in [2.45, 2.75) is 50.7 Å². The summed E-state index contributed by atoms with van der Waals surface area (Å²) in [6.45, 7) is 6.51. The zero-order valence-electron chi connectivity index (χ0n) is 22.0. The van der Waals surface area contributed by atoms with E-state index < -0.39 is 5.91 Å². The maximum atomic E-state index is 12.1. The molecule has 8 heteroatoms. The zero-order chi connectivity index (χ0) is 27.1. The van der Waals surface area contributed by atoms with Crippen LogP contribution in [-0.2, 0) is 11.2 Å². The van der Waals surface area contributed by atoms with Crippen LogP contribution in [-0.4, -0.2) is 49.9 Å². The van der Waals surface area contributed by atoms with Gasteiger partial charge in [-0.2, -0.15) is 5.10 Å². The van der Waals surface area contributed by atoms with Crippen LogP contribution in [0.5, 0.6) is 0 Å². The van der Waals surface area contributed by atoms with Gasteiger partial charge in [-0.1, -0.05) is 49.0 Å². The highest BCUT2D eigenvalue weighted by Crippen LogP contribution is 2.38. The number of hydrogen-bond donors (Lipinski definition) is 2. The van der Waals surface area contributed by atoms with E-state index in [2.05, 4.69) is 42.1 Å². The predicted octanol–water partition coefficient (Wildman–Crippen LogP) is 4.30. The fourth-order valence-corrected chi connectivity index (χ4v) is 6.11. The summed E-state index contributed by atoms with van der Waals surface area (Å²) in [5.41, 5.74) is 12.7. The number of nitrogens with two attached hydrogens (primary N) is 1. The van der Waals surface area contributed by atoms with Gasteiger partial charge in [0.2, 0.25) is 5.91 Å². The van der Waals surface area contributed by atoms with Gasteiger partial charge >= 0.3 is 0 Å². The monoisotopic (exact) mass is 520 g/mol. The van der Waals surface area contributed by atoms with Gasteiger partial charge in [0.05, 0.1) is 5.69 Å². The number of rotatable bonds is 6. The Morgan fingerprint density at radius 2 is 1.90 bits per heavy atom. The van der Waals surface area contributed by atoms with Crippen LogP contribution in [0.25, 0.3) is 28.2 Å². The van der Waals surface area contributed by atoms with E-state index in [1.54, 1.807) is 16.6 Å². The maximum Gasteiger partial charge on any atom is 0.269 e. The smallest absolute Gasteiger partial charge is 0.269 e. The average molecular weight is 521 g/mol. The lowest BCUT2D eigenvalue weighted by Crippen LogP contribution is -2.49. The Morgan fingerprint density at radius 3 is 2.64 bits per heavy atom. The molecule has 0 radical (unpaired) electrons. The predicted molar refractivity (Wildman–Crippen MR) is 151 cm³/mol. The minimum absolute atomic E-state index is 0.0163. The lowest BCUT2D eigenvalue weighted by Gasteiger charge is -2.38. The minimum atomic E-state index is -0.574. The van der Waals surface area contributed by atoms with Crippen LogP contribution in [0, 0.1) is 0 Å². The van der Waals surface area contributed by atoms with Gasteiger partial charge in [-0.25, -0.2) is 9.50 Å². The summed E-state index contributed by atoms with van der Waals surface area (Å²) >= 11 is 0. The molecule has 3 heterocycles. The number of carbonyl (C=O) groups excluding carboxylic acids is 2. The molecule has 39 heavy (non-hydrogen) atoms. The molecule has 6 rings (SSSR count). The van der Waals surface area contributed by atoms with Gasteiger partial charge in [-0.05, 0) is 68.0 Å². The number of aryl methyl sites for hydroxylation is 1. The Bertz CT molecular complexity index is 1580. The van der Waals surface area contributed by atoms with Crippen LogP contribution in [0.15, 0.2) is 73.3 Å². The summed E-state index contributed by atoms with van der Waals surface area (Å²) in [7, 11) is 0. The quantitative estimate of drug-likeness (QED) is 0.369. The molecule has 2 unspecified atom stereocenters. The van der Waals surface area contributed by atoms with Crippen molar-refractivity contribution < 1.29 is 9.59 Å². The lowest BCUT2D eigenvalue weighted by molar-refractivity contribution is -0.129. The van der Waals surface area contributed by atoms with Crippen molar-refractivity contribution in [1.82, 2.24) is 24.8 Å². The third kappa shape index (κ3) is 4.61. The first-order chi connectivity index (χ1) is 18.9. The second-order valence-corrected chi connectivity index (χ2v) is 10.5. The van der Waals surface area contributed by atoms with Crippen molar-refractivity contribution >= 4 is 17.5 Å². The highest BCUT2D eigenvalue weighted by Gasteiger charge is 2.31. The van der Waals surface area contributed by atoms with Gasteiger partial charge in [0.1, 0.15) is 11.4 Å². The summed E-state index contributed by atoms with van der Waals surface area (Å²) in [4.78, 5) is 30.8. The summed E-state index contributed by atoms with van der Waals surface area (Å²) < 4.78 is 1.72. The Hall–Kier alpha value is -4.30. The number of nitrogens with zero attached hydrogens (tertiary/aromatic N) is 4. The molecule has 2 aliphatic rings. The number of piperidine rings is 1. The zero-order valence-corrected chi connectivity index (χ0v) is 22.0. The average Bonchev–Trinajstić information content (AvgIpc) is 3.53. The standard InChI is InChI=1S/C31H32N6O2/c1-3-28(38)36-16-15-23(17-19(36)2)33-25-12-10-21-18-22(9-11-24(21)25)29-30(20-7-5-4-6-8-20)37-27(34-29)14-13-26(35-37)31(32)39/h3-9,11,13-14,18-19,23,25,33H,1,10,12,15-17H2,2H3,(H2,32,39)/t19-,23?,25?/m1/s1. The van der Waals surface area contributed by atoms with E-state index in [0.29, 0.717) is 17.7 Å². The minimum Gasteiger partial charge on any atom is -0.364 e. The van der Waals surface area contributed by atoms with E-state index in [9.17, 15) is 9.59 Å². The Morgan fingerprint density at radius 1 is 1.08 bits per heavy atom. The van der Waals surface area contributed by atoms with Crippen molar-refractivity contribution in [3.05, 3.63) is 90.1 Å². The van der Waals surface area contributed by atoms with E-state index in [1.807, 2.05) is 35.2 Å². The lowest BCUT2D eigenvalue weighted by atomic mass is 9.96. The molecule has 198 valence electrons. The molecule has 1 saturated heterocycles. The Balaban J connectivity index is 1.30. The maximum absolute atomic E-state index is 12.1. The first kappa shape index (κ1) is 25.0. The molecule has 1 aliphatic carbocycles. The summed E-state index contributed by atoms with van der Waals surface area (Å²) in [6.07, 6.45) is 5.32.